The molecule has 0 saturated heterocycles. The zero-order valence-electron chi connectivity index (χ0n) is 15.6. The summed E-state index contributed by atoms with van der Waals surface area (Å²) >= 11 is 1.46. The number of amides is 1. The Labute approximate surface area is 170 Å². The predicted octanol–water partition coefficient (Wildman–Crippen LogP) is 5.95. The molecular formula is C22H19F3N2OS. The van der Waals surface area contributed by atoms with E-state index in [1.165, 1.54) is 34.4 Å². The molecule has 29 heavy (non-hydrogen) atoms. The molecule has 7 heteroatoms. The van der Waals surface area contributed by atoms with E-state index in [0.29, 0.717) is 10.8 Å². The summed E-state index contributed by atoms with van der Waals surface area (Å²) in [5, 5.41) is 0.526. The van der Waals surface area contributed by atoms with E-state index in [2.05, 4.69) is 4.98 Å². The van der Waals surface area contributed by atoms with Gasteiger partial charge < -0.3 is 0 Å². The largest absolute Gasteiger partial charge is 0.416 e. The molecule has 2 aromatic carbocycles. The number of nitrogens with zero attached hydrogens (tertiary/aromatic N) is 2. The van der Waals surface area contributed by atoms with Gasteiger partial charge in [-0.15, -0.1) is 11.3 Å². The highest BCUT2D eigenvalue weighted by atomic mass is 32.1. The van der Waals surface area contributed by atoms with Crippen LogP contribution >= 0.6 is 11.3 Å². The number of fused-ring (bicyclic) bond motifs is 1. The van der Waals surface area contributed by atoms with E-state index in [4.69, 9.17) is 0 Å². The van der Waals surface area contributed by atoms with Gasteiger partial charge in [0.25, 0.3) is 0 Å². The number of thiazole rings is 1. The number of halogens is 3. The second kappa shape index (κ2) is 7.99. The molecule has 0 N–H and O–H groups in total. The number of anilines is 2. The van der Waals surface area contributed by atoms with Crippen molar-refractivity contribution >= 4 is 28.1 Å². The van der Waals surface area contributed by atoms with Crippen LogP contribution in [0.2, 0.25) is 0 Å². The lowest BCUT2D eigenvalue weighted by molar-refractivity contribution is -0.138. The van der Waals surface area contributed by atoms with Gasteiger partial charge in [-0.25, -0.2) is 4.98 Å². The van der Waals surface area contributed by atoms with Crippen molar-refractivity contribution < 1.29 is 18.0 Å². The maximum absolute atomic E-state index is 13.4. The van der Waals surface area contributed by atoms with Gasteiger partial charge in [0.05, 0.1) is 23.4 Å². The third-order valence-corrected chi connectivity index (χ3v) is 6.10. The highest BCUT2D eigenvalue weighted by Crippen LogP contribution is 2.37. The van der Waals surface area contributed by atoms with Gasteiger partial charge in [0, 0.05) is 4.88 Å². The molecule has 1 aliphatic carbocycles. The molecule has 3 aromatic rings. The van der Waals surface area contributed by atoms with Crippen LogP contribution in [0.1, 0.15) is 34.5 Å². The van der Waals surface area contributed by atoms with Gasteiger partial charge in [0.1, 0.15) is 0 Å². The van der Waals surface area contributed by atoms with E-state index >= 15 is 0 Å². The minimum absolute atomic E-state index is 0.0350. The van der Waals surface area contributed by atoms with Crippen molar-refractivity contribution in [1.29, 1.82) is 0 Å². The van der Waals surface area contributed by atoms with Crippen LogP contribution in [0.25, 0.3) is 0 Å². The lowest BCUT2D eigenvalue weighted by Crippen LogP contribution is -2.28. The van der Waals surface area contributed by atoms with E-state index in [1.54, 1.807) is 24.3 Å². The first-order valence-electron chi connectivity index (χ1n) is 9.45. The Kier molecular flexibility index (Phi) is 5.41. The molecule has 4 rings (SSSR count). The smallest absolute Gasteiger partial charge is 0.274 e. The Morgan fingerprint density at radius 1 is 1.00 bits per heavy atom. The minimum Gasteiger partial charge on any atom is -0.274 e. The van der Waals surface area contributed by atoms with Crippen LogP contribution in [-0.2, 0) is 30.2 Å². The Morgan fingerprint density at radius 2 is 1.69 bits per heavy atom. The molecule has 0 unspecified atom stereocenters. The molecule has 3 nitrogen and oxygen atoms in total. The number of para-hydroxylation sites is 1. The third kappa shape index (κ3) is 4.19. The summed E-state index contributed by atoms with van der Waals surface area (Å²) < 4.78 is 40.1. The SMILES string of the molecule is O=C(Cc1ccccc1C(F)(F)F)N(c1ccccc1)c1nc2c(s1)CCCC2. The number of benzene rings is 2. The van der Waals surface area contributed by atoms with Crippen molar-refractivity contribution in [1.82, 2.24) is 4.98 Å². The van der Waals surface area contributed by atoms with Gasteiger partial charge >= 0.3 is 6.18 Å². The normalized spacial score (nSPS) is 13.8. The molecule has 1 heterocycles. The van der Waals surface area contributed by atoms with Gasteiger partial charge in [0.15, 0.2) is 5.13 Å². The molecule has 0 aliphatic heterocycles. The first-order chi connectivity index (χ1) is 13.9. The summed E-state index contributed by atoms with van der Waals surface area (Å²) in [5.41, 5.74) is 0.792. The van der Waals surface area contributed by atoms with Crippen LogP contribution in [0.15, 0.2) is 54.6 Å². The second-order valence-corrected chi connectivity index (χ2v) is 8.03. The maximum atomic E-state index is 13.4. The Hall–Kier alpha value is -2.67. The van der Waals surface area contributed by atoms with Crippen LogP contribution in [0.5, 0.6) is 0 Å². The van der Waals surface area contributed by atoms with Gasteiger partial charge in [-0.1, -0.05) is 36.4 Å². The number of rotatable bonds is 4. The summed E-state index contributed by atoms with van der Waals surface area (Å²) in [5.74, 6) is -0.431. The number of aryl methyl sites for hydroxylation is 2. The molecule has 0 spiro atoms. The van der Waals surface area contributed by atoms with E-state index in [0.717, 1.165) is 42.3 Å². The van der Waals surface area contributed by atoms with Gasteiger partial charge in [-0.05, 0) is 49.4 Å². The van der Waals surface area contributed by atoms with Crippen molar-refractivity contribution in [3.8, 4) is 0 Å². The minimum atomic E-state index is -4.51. The van der Waals surface area contributed by atoms with Crippen molar-refractivity contribution in [2.75, 3.05) is 4.90 Å². The Balaban J connectivity index is 1.71. The standard InChI is InChI=1S/C22H19F3N2OS/c23-22(24,25)17-11-5-4-8-15(17)14-20(28)27(16-9-2-1-3-10-16)21-26-18-12-6-7-13-19(18)29-21/h1-5,8-11H,6-7,12-14H2. The summed E-state index contributed by atoms with van der Waals surface area (Å²) in [6, 6.07) is 14.2. The molecular weight excluding hydrogens is 397 g/mol. The predicted molar refractivity (Wildman–Crippen MR) is 107 cm³/mol. The van der Waals surface area contributed by atoms with Crippen LogP contribution in [0.4, 0.5) is 24.0 Å². The fourth-order valence-corrected chi connectivity index (χ4v) is 4.75. The van der Waals surface area contributed by atoms with Crippen molar-refractivity contribution in [2.24, 2.45) is 0 Å². The number of carbonyl (C=O) groups is 1. The van der Waals surface area contributed by atoms with E-state index in [1.807, 2.05) is 6.07 Å². The zero-order chi connectivity index (χ0) is 20.4. The molecule has 1 aromatic heterocycles. The average Bonchev–Trinajstić information content (AvgIpc) is 3.12. The third-order valence-electron chi connectivity index (χ3n) is 4.95. The molecule has 1 amide bonds. The summed E-state index contributed by atoms with van der Waals surface area (Å²) in [4.78, 5) is 20.5. The molecule has 0 atom stereocenters. The maximum Gasteiger partial charge on any atom is 0.416 e. The quantitative estimate of drug-likeness (QED) is 0.527. The Bertz CT molecular complexity index is 991. The van der Waals surface area contributed by atoms with E-state index in [9.17, 15) is 18.0 Å². The monoisotopic (exact) mass is 416 g/mol. The van der Waals surface area contributed by atoms with Gasteiger partial charge in [-0.2, -0.15) is 13.2 Å². The van der Waals surface area contributed by atoms with Crippen molar-refractivity contribution in [2.45, 2.75) is 38.3 Å². The van der Waals surface area contributed by atoms with Crippen LogP contribution in [0, 0.1) is 0 Å². The number of hydrogen-bond acceptors (Lipinski definition) is 3. The van der Waals surface area contributed by atoms with Crippen LogP contribution < -0.4 is 4.90 Å². The molecule has 1 aliphatic rings. The first-order valence-corrected chi connectivity index (χ1v) is 10.3. The molecule has 0 saturated carbocycles. The molecule has 150 valence electrons. The highest BCUT2D eigenvalue weighted by molar-refractivity contribution is 7.16. The van der Waals surface area contributed by atoms with E-state index < -0.39 is 17.6 Å². The average molecular weight is 416 g/mol. The summed E-state index contributed by atoms with van der Waals surface area (Å²) in [6.07, 6.45) is -0.898. The Morgan fingerprint density at radius 3 is 2.41 bits per heavy atom. The van der Waals surface area contributed by atoms with Crippen LogP contribution in [0.3, 0.4) is 0 Å². The molecule has 0 radical (unpaired) electrons. The van der Waals surface area contributed by atoms with Crippen molar-refractivity contribution in [3.05, 3.63) is 76.3 Å². The fraction of sp³-hybridized carbons (Fsp3) is 0.273. The summed E-state index contributed by atoms with van der Waals surface area (Å²) in [6.45, 7) is 0. The topological polar surface area (TPSA) is 33.2 Å². The van der Waals surface area contributed by atoms with Crippen molar-refractivity contribution in [3.63, 3.8) is 0 Å². The number of alkyl halides is 3. The number of hydrogen-bond donors (Lipinski definition) is 0. The molecule has 0 fully saturated rings. The molecule has 0 bridgehead atoms. The van der Waals surface area contributed by atoms with Crippen LogP contribution in [-0.4, -0.2) is 10.9 Å². The lowest BCUT2D eigenvalue weighted by atomic mass is 10.0. The first kappa shape index (κ1) is 19.6. The second-order valence-electron chi connectivity index (χ2n) is 6.97. The number of aromatic nitrogens is 1. The lowest BCUT2D eigenvalue weighted by Gasteiger charge is -2.21. The fourth-order valence-electron chi connectivity index (χ4n) is 3.57. The number of carbonyl (C=O) groups excluding carboxylic acids is 1. The highest BCUT2D eigenvalue weighted by Gasteiger charge is 2.34. The summed E-state index contributed by atoms with van der Waals surface area (Å²) in [7, 11) is 0. The zero-order valence-corrected chi connectivity index (χ0v) is 16.4. The van der Waals surface area contributed by atoms with E-state index in [-0.39, 0.29) is 12.0 Å². The van der Waals surface area contributed by atoms with Gasteiger partial charge in [-0.3, -0.25) is 9.69 Å². The van der Waals surface area contributed by atoms with Gasteiger partial charge in [0.2, 0.25) is 5.91 Å².